The molecule has 5 heteroatoms. The van der Waals surface area contributed by atoms with E-state index in [1.807, 2.05) is 37.3 Å². The third-order valence-corrected chi connectivity index (χ3v) is 5.41. The van der Waals surface area contributed by atoms with Gasteiger partial charge < -0.3 is 18.9 Å². The summed E-state index contributed by atoms with van der Waals surface area (Å²) >= 11 is 0. The Labute approximate surface area is 184 Å². The molecule has 0 amide bonds. The van der Waals surface area contributed by atoms with Crippen LogP contribution in [-0.4, -0.2) is 32.0 Å². The quantitative estimate of drug-likeness (QED) is 0.459. The lowest BCUT2D eigenvalue weighted by molar-refractivity contribution is 0.174. The highest BCUT2D eigenvalue weighted by atomic mass is 16.7. The first kappa shape index (κ1) is 21.1. The maximum Gasteiger partial charge on any atom is 0.231 e. The van der Waals surface area contributed by atoms with Crippen molar-refractivity contribution in [3.63, 3.8) is 0 Å². The fourth-order valence-electron chi connectivity index (χ4n) is 3.84. The maximum absolute atomic E-state index is 5.86. The summed E-state index contributed by atoms with van der Waals surface area (Å²) in [6, 6.07) is 22.7. The lowest BCUT2D eigenvalue weighted by Gasteiger charge is -2.25. The second kappa shape index (κ2) is 10.2. The number of ether oxygens (including phenoxy) is 4. The Hall–Kier alpha value is -3.18. The molecule has 0 radical (unpaired) electrons. The highest BCUT2D eigenvalue weighted by Crippen LogP contribution is 2.33. The van der Waals surface area contributed by atoms with Gasteiger partial charge in [0.1, 0.15) is 11.5 Å². The summed E-state index contributed by atoms with van der Waals surface area (Å²) in [5.74, 6) is 3.50. The number of fused-ring (bicyclic) bond motifs is 1. The molecule has 0 aromatic heterocycles. The monoisotopic (exact) mass is 419 g/mol. The number of benzene rings is 3. The van der Waals surface area contributed by atoms with Crippen molar-refractivity contribution < 1.29 is 18.9 Å². The van der Waals surface area contributed by atoms with Gasteiger partial charge in [-0.2, -0.15) is 0 Å². The van der Waals surface area contributed by atoms with E-state index < -0.39 is 0 Å². The van der Waals surface area contributed by atoms with Crippen molar-refractivity contribution in [1.29, 1.82) is 0 Å². The van der Waals surface area contributed by atoms with Crippen LogP contribution in [0.15, 0.2) is 66.7 Å². The third kappa shape index (κ3) is 5.30. The topological polar surface area (TPSA) is 40.2 Å². The predicted molar refractivity (Wildman–Crippen MR) is 121 cm³/mol. The van der Waals surface area contributed by atoms with Gasteiger partial charge >= 0.3 is 0 Å². The normalized spacial score (nSPS) is 12.2. The summed E-state index contributed by atoms with van der Waals surface area (Å²) < 4.78 is 22.4. The SMILES string of the molecule is CCOc1ccccc1CN(CCc1ccc2c(c1)OCO2)Cc1ccccc1OC. The molecule has 0 saturated carbocycles. The van der Waals surface area contributed by atoms with Gasteiger partial charge in [-0.3, -0.25) is 4.90 Å². The van der Waals surface area contributed by atoms with E-state index in [9.17, 15) is 0 Å². The molecule has 0 fully saturated rings. The number of hydrogen-bond donors (Lipinski definition) is 0. The smallest absolute Gasteiger partial charge is 0.231 e. The van der Waals surface area contributed by atoms with Crippen molar-refractivity contribution in [1.82, 2.24) is 4.90 Å². The zero-order valence-electron chi connectivity index (χ0n) is 18.2. The summed E-state index contributed by atoms with van der Waals surface area (Å²) in [4.78, 5) is 2.43. The van der Waals surface area contributed by atoms with Crippen LogP contribution < -0.4 is 18.9 Å². The molecule has 1 aliphatic heterocycles. The Morgan fingerprint density at radius 3 is 2.26 bits per heavy atom. The minimum atomic E-state index is 0.299. The Morgan fingerprint density at radius 1 is 0.839 bits per heavy atom. The standard InChI is InChI=1S/C26H29NO4/c1-3-29-24-11-7-5-9-22(24)18-27(17-21-8-4-6-10-23(21)28-2)15-14-20-12-13-25-26(16-20)31-19-30-25/h4-13,16H,3,14-15,17-19H2,1-2H3. The van der Waals surface area contributed by atoms with E-state index in [0.29, 0.717) is 13.4 Å². The second-order valence-electron chi connectivity index (χ2n) is 7.50. The Balaban J connectivity index is 1.53. The van der Waals surface area contributed by atoms with Crippen LogP contribution in [0, 0.1) is 0 Å². The fraction of sp³-hybridized carbons (Fsp3) is 0.308. The summed E-state index contributed by atoms with van der Waals surface area (Å²) in [6.07, 6.45) is 0.905. The first-order valence-electron chi connectivity index (χ1n) is 10.7. The molecule has 31 heavy (non-hydrogen) atoms. The summed E-state index contributed by atoms with van der Waals surface area (Å²) in [5, 5.41) is 0. The molecule has 0 unspecified atom stereocenters. The Bertz CT molecular complexity index is 1000. The van der Waals surface area contributed by atoms with Gasteiger partial charge in [-0.05, 0) is 43.2 Å². The fourth-order valence-corrected chi connectivity index (χ4v) is 3.84. The number of nitrogens with zero attached hydrogens (tertiary/aromatic N) is 1. The molecule has 0 aliphatic carbocycles. The van der Waals surface area contributed by atoms with Crippen LogP contribution >= 0.6 is 0 Å². The van der Waals surface area contributed by atoms with Crippen molar-refractivity contribution in [2.45, 2.75) is 26.4 Å². The van der Waals surface area contributed by atoms with Crippen molar-refractivity contribution in [2.24, 2.45) is 0 Å². The van der Waals surface area contributed by atoms with Crippen LogP contribution in [-0.2, 0) is 19.5 Å². The van der Waals surface area contributed by atoms with Gasteiger partial charge in [0.05, 0.1) is 13.7 Å². The summed E-state index contributed by atoms with van der Waals surface area (Å²) in [6.45, 7) is 5.43. The average molecular weight is 420 g/mol. The molecule has 0 spiro atoms. The van der Waals surface area contributed by atoms with Crippen molar-refractivity contribution >= 4 is 0 Å². The van der Waals surface area contributed by atoms with Gasteiger partial charge in [-0.1, -0.05) is 42.5 Å². The molecular formula is C26H29NO4. The van der Waals surface area contributed by atoms with Gasteiger partial charge in [-0.25, -0.2) is 0 Å². The number of methoxy groups -OCH3 is 1. The van der Waals surface area contributed by atoms with Gasteiger partial charge in [0.25, 0.3) is 0 Å². The van der Waals surface area contributed by atoms with Gasteiger partial charge in [0, 0.05) is 30.8 Å². The summed E-state index contributed by atoms with van der Waals surface area (Å²) in [7, 11) is 1.72. The Morgan fingerprint density at radius 2 is 1.52 bits per heavy atom. The largest absolute Gasteiger partial charge is 0.496 e. The summed E-state index contributed by atoms with van der Waals surface area (Å²) in [5.41, 5.74) is 3.59. The highest BCUT2D eigenvalue weighted by Gasteiger charge is 2.16. The zero-order chi connectivity index (χ0) is 21.5. The Kier molecular flexibility index (Phi) is 6.95. The predicted octanol–water partition coefficient (Wildman–Crippen LogP) is 5.07. The molecular weight excluding hydrogens is 390 g/mol. The molecule has 0 saturated heterocycles. The minimum absolute atomic E-state index is 0.299. The minimum Gasteiger partial charge on any atom is -0.496 e. The van der Waals surface area contributed by atoms with Crippen molar-refractivity contribution in [2.75, 3.05) is 27.1 Å². The molecule has 4 rings (SSSR count). The molecule has 162 valence electrons. The molecule has 1 heterocycles. The first-order chi connectivity index (χ1) is 15.3. The van der Waals surface area contributed by atoms with E-state index >= 15 is 0 Å². The van der Waals surface area contributed by atoms with Gasteiger partial charge in [0.15, 0.2) is 11.5 Å². The van der Waals surface area contributed by atoms with Gasteiger partial charge in [0.2, 0.25) is 6.79 Å². The van der Waals surface area contributed by atoms with E-state index in [2.05, 4.69) is 41.3 Å². The van der Waals surface area contributed by atoms with E-state index in [4.69, 9.17) is 18.9 Å². The number of para-hydroxylation sites is 2. The van der Waals surface area contributed by atoms with Crippen LogP contribution in [0.4, 0.5) is 0 Å². The molecule has 0 bridgehead atoms. The third-order valence-electron chi connectivity index (χ3n) is 5.41. The zero-order valence-corrected chi connectivity index (χ0v) is 18.2. The van der Waals surface area contributed by atoms with Crippen molar-refractivity contribution in [3.8, 4) is 23.0 Å². The molecule has 1 aliphatic rings. The molecule has 3 aromatic carbocycles. The van der Waals surface area contributed by atoms with E-state index in [1.54, 1.807) is 7.11 Å². The molecule has 5 nitrogen and oxygen atoms in total. The van der Waals surface area contributed by atoms with Crippen LogP contribution in [0.3, 0.4) is 0 Å². The van der Waals surface area contributed by atoms with Crippen LogP contribution in [0.1, 0.15) is 23.6 Å². The maximum atomic E-state index is 5.86. The lowest BCUT2D eigenvalue weighted by atomic mass is 10.1. The van der Waals surface area contributed by atoms with Crippen LogP contribution in [0.25, 0.3) is 0 Å². The van der Waals surface area contributed by atoms with E-state index in [1.165, 1.54) is 16.7 Å². The number of rotatable bonds is 10. The first-order valence-corrected chi connectivity index (χ1v) is 10.7. The van der Waals surface area contributed by atoms with Crippen LogP contribution in [0.2, 0.25) is 0 Å². The van der Waals surface area contributed by atoms with E-state index in [-0.39, 0.29) is 0 Å². The molecule has 0 N–H and O–H groups in total. The lowest BCUT2D eigenvalue weighted by Crippen LogP contribution is -2.26. The second-order valence-corrected chi connectivity index (χ2v) is 7.50. The number of hydrogen-bond acceptors (Lipinski definition) is 5. The molecule has 3 aromatic rings. The average Bonchev–Trinajstić information content (AvgIpc) is 3.27. The van der Waals surface area contributed by atoms with Gasteiger partial charge in [-0.15, -0.1) is 0 Å². The van der Waals surface area contributed by atoms with Crippen LogP contribution in [0.5, 0.6) is 23.0 Å². The van der Waals surface area contributed by atoms with Crippen molar-refractivity contribution in [3.05, 3.63) is 83.4 Å². The van der Waals surface area contributed by atoms with E-state index in [0.717, 1.165) is 49.1 Å². The highest BCUT2D eigenvalue weighted by molar-refractivity contribution is 5.44. The molecule has 0 atom stereocenters.